The van der Waals surface area contributed by atoms with Crippen molar-refractivity contribution in [1.82, 2.24) is 5.32 Å². The van der Waals surface area contributed by atoms with E-state index < -0.39 is 0 Å². The predicted molar refractivity (Wildman–Crippen MR) is 70.5 cm³/mol. The van der Waals surface area contributed by atoms with Gasteiger partial charge in [0.05, 0.1) is 11.3 Å². The summed E-state index contributed by atoms with van der Waals surface area (Å²) in [7, 11) is 0. The summed E-state index contributed by atoms with van der Waals surface area (Å²) >= 11 is 5.92. The molecule has 0 spiro atoms. The molecule has 2 rings (SSSR count). The van der Waals surface area contributed by atoms with Gasteiger partial charge in [-0.2, -0.15) is 5.26 Å². The van der Waals surface area contributed by atoms with E-state index in [0.29, 0.717) is 16.6 Å². The van der Waals surface area contributed by atoms with Crippen molar-refractivity contribution in [1.29, 1.82) is 5.26 Å². The topological polar surface area (TPSA) is 39.1 Å². The monoisotopic (exact) mass is 249 g/mol. The summed E-state index contributed by atoms with van der Waals surface area (Å²) in [6.45, 7) is 5.06. The Morgan fingerprint density at radius 1 is 1.59 bits per heavy atom. The Morgan fingerprint density at radius 2 is 2.41 bits per heavy atom. The highest BCUT2D eigenvalue weighted by Crippen LogP contribution is 2.26. The minimum Gasteiger partial charge on any atom is -0.366 e. The van der Waals surface area contributed by atoms with Crippen LogP contribution in [0, 0.1) is 11.3 Å². The Bertz CT molecular complexity index is 433. The number of nitrogens with one attached hydrogen (secondary N) is 1. The van der Waals surface area contributed by atoms with Crippen molar-refractivity contribution in [2.45, 2.75) is 19.4 Å². The molecular weight excluding hydrogens is 234 g/mol. The molecule has 0 aromatic heterocycles. The third-order valence-corrected chi connectivity index (χ3v) is 3.44. The van der Waals surface area contributed by atoms with Crippen molar-refractivity contribution in [2.24, 2.45) is 0 Å². The van der Waals surface area contributed by atoms with Crippen LogP contribution in [0.15, 0.2) is 18.2 Å². The molecule has 0 radical (unpaired) electrons. The van der Waals surface area contributed by atoms with Gasteiger partial charge in [-0.25, -0.2) is 0 Å². The number of rotatable bonds is 3. The number of benzene rings is 1. The van der Waals surface area contributed by atoms with E-state index in [1.54, 1.807) is 6.07 Å². The van der Waals surface area contributed by atoms with Crippen molar-refractivity contribution < 1.29 is 0 Å². The Labute approximate surface area is 107 Å². The van der Waals surface area contributed by atoms with Gasteiger partial charge in [-0.15, -0.1) is 0 Å². The van der Waals surface area contributed by atoms with Gasteiger partial charge < -0.3 is 10.2 Å². The van der Waals surface area contributed by atoms with Gasteiger partial charge in [-0.1, -0.05) is 11.6 Å². The van der Waals surface area contributed by atoms with Crippen LogP contribution in [-0.2, 0) is 0 Å². The van der Waals surface area contributed by atoms with Gasteiger partial charge in [-0.05, 0) is 38.1 Å². The molecule has 1 aliphatic rings. The van der Waals surface area contributed by atoms with Crippen LogP contribution in [-0.4, -0.2) is 25.7 Å². The maximum Gasteiger partial charge on any atom is 0.101 e. The average Bonchev–Trinajstić information content (AvgIpc) is 2.85. The van der Waals surface area contributed by atoms with E-state index in [1.165, 1.54) is 0 Å². The van der Waals surface area contributed by atoms with Gasteiger partial charge in [0.1, 0.15) is 6.07 Å². The summed E-state index contributed by atoms with van der Waals surface area (Å²) in [6, 6.07) is 8.24. The average molecular weight is 250 g/mol. The van der Waals surface area contributed by atoms with Crippen molar-refractivity contribution in [3.05, 3.63) is 28.8 Å². The lowest BCUT2D eigenvalue weighted by atomic mass is 10.1. The van der Waals surface area contributed by atoms with Gasteiger partial charge in [0, 0.05) is 24.2 Å². The summed E-state index contributed by atoms with van der Waals surface area (Å²) in [5.74, 6) is 0. The van der Waals surface area contributed by atoms with Crippen molar-refractivity contribution in [3.8, 4) is 6.07 Å². The summed E-state index contributed by atoms with van der Waals surface area (Å²) in [5.41, 5.74) is 1.65. The number of nitriles is 1. The zero-order chi connectivity index (χ0) is 12.3. The number of nitrogens with zero attached hydrogens (tertiary/aromatic N) is 2. The van der Waals surface area contributed by atoms with Crippen LogP contribution in [0.3, 0.4) is 0 Å². The van der Waals surface area contributed by atoms with Crippen LogP contribution in [0.2, 0.25) is 5.02 Å². The summed E-state index contributed by atoms with van der Waals surface area (Å²) < 4.78 is 0. The van der Waals surface area contributed by atoms with Gasteiger partial charge in [0.2, 0.25) is 0 Å². The number of likely N-dealkylation sites (N-methyl/N-ethyl adjacent to an activating group) is 1. The normalized spacial score (nSPS) is 19.0. The standard InChI is InChI=1S/C13H16ClN3/c1-2-17(12-5-6-16-9-12)13-4-3-11(14)7-10(13)8-15/h3-4,7,12,16H,2,5-6,9H2,1H3. The molecular formula is C13H16ClN3. The Kier molecular flexibility index (Phi) is 3.88. The van der Waals surface area contributed by atoms with Gasteiger partial charge in [-0.3, -0.25) is 0 Å². The van der Waals surface area contributed by atoms with E-state index in [0.717, 1.165) is 31.7 Å². The van der Waals surface area contributed by atoms with E-state index in [4.69, 9.17) is 11.6 Å². The molecule has 0 bridgehead atoms. The molecule has 1 N–H and O–H groups in total. The molecule has 1 aromatic carbocycles. The molecule has 1 fully saturated rings. The lowest BCUT2D eigenvalue weighted by Crippen LogP contribution is -2.37. The summed E-state index contributed by atoms with van der Waals surface area (Å²) in [6.07, 6.45) is 1.13. The third kappa shape index (κ3) is 2.54. The van der Waals surface area contributed by atoms with Crippen LogP contribution >= 0.6 is 11.6 Å². The van der Waals surface area contributed by atoms with Crippen LogP contribution < -0.4 is 10.2 Å². The smallest absolute Gasteiger partial charge is 0.101 e. The van der Waals surface area contributed by atoms with Crippen LogP contribution in [0.4, 0.5) is 5.69 Å². The molecule has 1 aromatic rings. The van der Waals surface area contributed by atoms with E-state index in [1.807, 2.05) is 12.1 Å². The quantitative estimate of drug-likeness (QED) is 0.894. The second-order valence-electron chi connectivity index (χ2n) is 4.21. The first-order valence-corrected chi connectivity index (χ1v) is 6.31. The van der Waals surface area contributed by atoms with Gasteiger partial charge >= 0.3 is 0 Å². The number of hydrogen-bond donors (Lipinski definition) is 1. The molecule has 1 saturated heterocycles. The Balaban J connectivity index is 2.33. The molecule has 0 aliphatic carbocycles. The molecule has 1 heterocycles. The third-order valence-electron chi connectivity index (χ3n) is 3.20. The molecule has 1 unspecified atom stereocenters. The highest BCUT2D eigenvalue weighted by atomic mass is 35.5. The molecule has 1 aliphatic heterocycles. The van der Waals surface area contributed by atoms with Crippen molar-refractivity contribution in [3.63, 3.8) is 0 Å². The lowest BCUT2D eigenvalue weighted by molar-refractivity contribution is 0.647. The molecule has 3 nitrogen and oxygen atoms in total. The first-order valence-electron chi connectivity index (χ1n) is 5.93. The molecule has 0 saturated carbocycles. The highest BCUT2D eigenvalue weighted by Gasteiger charge is 2.23. The predicted octanol–water partition coefficient (Wildman–Crippen LogP) is 2.40. The first-order chi connectivity index (χ1) is 8.26. The number of halogens is 1. The van der Waals surface area contributed by atoms with Crippen LogP contribution in [0.5, 0.6) is 0 Å². The van der Waals surface area contributed by atoms with E-state index in [-0.39, 0.29) is 0 Å². The maximum atomic E-state index is 9.18. The first kappa shape index (κ1) is 12.2. The SMILES string of the molecule is CCN(c1ccc(Cl)cc1C#N)C1CCNC1. The molecule has 17 heavy (non-hydrogen) atoms. The minimum absolute atomic E-state index is 0.480. The van der Waals surface area contributed by atoms with Gasteiger partial charge in [0.25, 0.3) is 0 Å². The van der Waals surface area contributed by atoms with E-state index in [9.17, 15) is 5.26 Å². The molecule has 0 amide bonds. The second kappa shape index (κ2) is 5.39. The maximum absolute atomic E-state index is 9.18. The fourth-order valence-corrected chi connectivity index (χ4v) is 2.55. The van der Waals surface area contributed by atoms with E-state index >= 15 is 0 Å². The zero-order valence-corrected chi connectivity index (χ0v) is 10.7. The molecule has 4 heteroatoms. The van der Waals surface area contributed by atoms with Gasteiger partial charge in [0.15, 0.2) is 0 Å². The second-order valence-corrected chi connectivity index (χ2v) is 4.64. The highest BCUT2D eigenvalue weighted by molar-refractivity contribution is 6.30. The largest absolute Gasteiger partial charge is 0.366 e. The van der Waals surface area contributed by atoms with Crippen LogP contribution in [0.25, 0.3) is 0 Å². The fourth-order valence-electron chi connectivity index (χ4n) is 2.38. The zero-order valence-electron chi connectivity index (χ0n) is 9.91. The number of anilines is 1. The Hall–Kier alpha value is -1.24. The fraction of sp³-hybridized carbons (Fsp3) is 0.462. The molecule has 1 atom stereocenters. The Morgan fingerprint density at radius 3 is 3.00 bits per heavy atom. The molecule has 90 valence electrons. The summed E-state index contributed by atoms with van der Waals surface area (Å²) in [4.78, 5) is 2.29. The van der Waals surface area contributed by atoms with Crippen molar-refractivity contribution in [2.75, 3.05) is 24.5 Å². The van der Waals surface area contributed by atoms with E-state index in [2.05, 4.69) is 23.2 Å². The number of hydrogen-bond acceptors (Lipinski definition) is 3. The van der Waals surface area contributed by atoms with Crippen molar-refractivity contribution >= 4 is 17.3 Å². The lowest BCUT2D eigenvalue weighted by Gasteiger charge is -2.30. The summed E-state index contributed by atoms with van der Waals surface area (Å²) in [5, 5.41) is 13.2. The van der Waals surface area contributed by atoms with Crippen LogP contribution in [0.1, 0.15) is 18.9 Å². The minimum atomic E-state index is 0.480.